The molecule has 0 fully saturated rings. The molecule has 5 nitrogen and oxygen atoms in total. The molecule has 1 aliphatic rings. The van der Waals surface area contributed by atoms with Crippen LogP contribution in [0.2, 0.25) is 0 Å². The summed E-state index contributed by atoms with van der Waals surface area (Å²) in [4.78, 5) is 11.7. The molecule has 0 spiro atoms. The molecule has 1 aliphatic heterocycles. The van der Waals surface area contributed by atoms with E-state index >= 15 is 0 Å². The molecule has 0 radical (unpaired) electrons. The van der Waals surface area contributed by atoms with Gasteiger partial charge in [0.1, 0.15) is 19.1 Å². The Labute approximate surface area is 112 Å². The normalized spacial score (nSPS) is 14.3. The molecule has 100 valence electrons. The quantitative estimate of drug-likeness (QED) is 0.893. The van der Waals surface area contributed by atoms with Crippen molar-refractivity contribution in [1.29, 1.82) is 5.26 Å². The summed E-state index contributed by atoms with van der Waals surface area (Å²) in [6.45, 7) is 3.30. The summed E-state index contributed by atoms with van der Waals surface area (Å²) in [5.41, 5.74) is 0.922. The van der Waals surface area contributed by atoms with Crippen LogP contribution >= 0.6 is 0 Å². The van der Waals surface area contributed by atoms with E-state index in [1.807, 2.05) is 31.2 Å². The average Bonchev–Trinajstić information content (AvgIpc) is 2.46. The number of nitrogens with one attached hydrogen (secondary N) is 1. The van der Waals surface area contributed by atoms with Crippen LogP contribution in [-0.4, -0.2) is 19.1 Å². The first-order valence-corrected chi connectivity index (χ1v) is 6.30. The topological polar surface area (TPSA) is 71.4 Å². The molecule has 5 heteroatoms. The third-order valence-corrected chi connectivity index (χ3v) is 2.95. The van der Waals surface area contributed by atoms with E-state index in [9.17, 15) is 4.79 Å². The number of benzene rings is 1. The maximum Gasteiger partial charge on any atom is 0.237 e. The van der Waals surface area contributed by atoms with Crippen LogP contribution in [0.1, 0.15) is 18.9 Å². The Morgan fingerprint density at radius 2 is 2.16 bits per heavy atom. The van der Waals surface area contributed by atoms with Gasteiger partial charge < -0.3 is 14.8 Å². The van der Waals surface area contributed by atoms with Crippen molar-refractivity contribution in [2.75, 3.05) is 13.2 Å². The summed E-state index contributed by atoms with van der Waals surface area (Å²) in [5.74, 6) is 0.604. The van der Waals surface area contributed by atoms with Gasteiger partial charge in [-0.05, 0) is 24.1 Å². The zero-order chi connectivity index (χ0) is 13.7. The van der Waals surface area contributed by atoms with Gasteiger partial charge in [0, 0.05) is 6.54 Å². The van der Waals surface area contributed by atoms with Crippen LogP contribution in [0.5, 0.6) is 11.5 Å². The Bertz CT molecular complexity index is 508. The molecule has 1 amide bonds. The second-order valence-corrected chi connectivity index (χ2v) is 4.29. The summed E-state index contributed by atoms with van der Waals surface area (Å²) in [5, 5.41) is 11.6. The lowest BCUT2D eigenvalue weighted by Gasteiger charge is -2.19. The lowest BCUT2D eigenvalue weighted by Crippen LogP contribution is -2.29. The third kappa shape index (κ3) is 3.16. The van der Waals surface area contributed by atoms with E-state index in [-0.39, 0.29) is 5.91 Å². The van der Waals surface area contributed by atoms with Gasteiger partial charge in [-0.25, -0.2) is 0 Å². The number of amides is 1. The molecule has 1 N–H and O–H groups in total. The van der Waals surface area contributed by atoms with Crippen molar-refractivity contribution < 1.29 is 14.3 Å². The highest BCUT2D eigenvalue weighted by Gasteiger charge is 2.16. The van der Waals surface area contributed by atoms with Gasteiger partial charge in [0.15, 0.2) is 11.5 Å². The molecule has 0 aromatic heterocycles. The molecule has 1 aromatic carbocycles. The standard InChI is InChI=1S/C14H16N2O3/c1-2-11(8-15)14(17)16-9-10-3-4-12-13(7-10)19-6-5-18-12/h3-4,7,11H,2,5-6,9H2,1H3,(H,16,17). The monoisotopic (exact) mass is 260 g/mol. The molecule has 0 saturated carbocycles. The van der Waals surface area contributed by atoms with E-state index in [1.54, 1.807) is 0 Å². The van der Waals surface area contributed by atoms with Crippen LogP contribution in [0, 0.1) is 17.2 Å². The van der Waals surface area contributed by atoms with Crippen molar-refractivity contribution in [2.45, 2.75) is 19.9 Å². The van der Waals surface area contributed by atoms with Crippen molar-refractivity contribution >= 4 is 5.91 Å². The maximum atomic E-state index is 11.7. The van der Waals surface area contributed by atoms with Crippen molar-refractivity contribution in [3.8, 4) is 17.6 Å². The molecule has 1 heterocycles. The Morgan fingerprint density at radius 3 is 2.84 bits per heavy atom. The molecule has 1 aromatic rings. The highest BCUT2D eigenvalue weighted by molar-refractivity contribution is 5.80. The Balaban J connectivity index is 1.97. The minimum Gasteiger partial charge on any atom is -0.486 e. The Morgan fingerprint density at radius 1 is 1.42 bits per heavy atom. The van der Waals surface area contributed by atoms with Crippen molar-refractivity contribution in [2.24, 2.45) is 5.92 Å². The lowest BCUT2D eigenvalue weighted by molar-refractivity contribution is -0.123. The van der Waals surface area contributed by atoms with Gasteiger partial charge in [0.25, 0.3) is 0 Å². The van der Waals surface area contributed by atoms with Crippen LogP contribution in [0.3, 0.4) is 0 Å². The molecular weight excluding hydrogens is 244 g/mol. The van der Waals surface area contributed by atoms with Gasteiger partial charge in [-0.1, -0.05) is 13.0 Å². The van der Waals surface area contributed by atoms with Crippen LogP contribution in [-0.2, 0) is 11.3 Å². The number of rotatable bonds is 4. The number of nitriles is 1. The van der Waals surface area contributed by atoms with Crippen molar-refractivity contribution in [3.63, 3.8) is 0 Å². The first-order valence-electron chi connectivity index (χ1n) is 6.30. The predicted octanol–water partition coefficient (Wildman–Crippen LogP) is 1.62. The van der Waals surface area contributed by atoms with E-state index in [0.717, 1.165) is 11.3 Å². The number of fused-ring (bicyclic) bond motifs is 1. The highest BCUT2D eigenvalue weighted by Crippen LogP contribution is 2.30. The maximum absolute atomic E-state index is 11.7. The molecule has 1 atom stereocenters. The molecule has 0 bridgehead atoms. The second kappa shape index (κ2) is 6.10. The van der Waals surface area contributed by atoms with Gasteiger partial charge in [0.2, 0.25) is 5.91 Å². The number of nitrogens with zero attached hydrogens (tertiary/aromatic N) is 1. The first-order chi connectivity index (χ1) is 9.24. The molecule has 19 heavy (non-hydrogen) atoms. The minimum atomic E-state index is -0.586. The Kier molecular flexibility index (Phi) is 4.24. The predicted molar refractivity (Wildman–Crippen MR) is 68.7 cm³/mol. The van der Waals surface area contributed by atoms with Crippen LogP contribution < -0.4 is 14.8 Å². The summed E-state index contributed by atoms with van der Waals surface area (Å²) < 4.78 is 10.9. The van der Waals surface area contributed by atoms with Gasteiger partial charge in [-0.15, -0.1) is 0 Å². The van der Waals surface area contributed by atoms with Gasteiger partial charge in [-0.2, -0.15) is 5.26 Å². The number of carbonyl (C=O) groups excluding carboxylic acids is 1. The van der Waals surface area contributed by atoms with E-state index < -0.39 is 5.92 Å². The van der Waals surface area contributed by atoms with E-state index in [4.69, 9.17) is 14.7 Å². The molecule has 0 aliphatic carbocycles. The van der Waals surface area contributed by atoms with E-state index in [2.05, 4.69) is 5.32 Å². The first kappa shape index (κ1) is 13.2. The van der Waals surface area contributed by atoms with E-state index in [0.29, 0.717) is 31.9 Å². The molecule has 2 rings (SSSR count). The fraction of sp³-hybridized carbons (Fsp3) is 0.429. The van der Waals surface area contributed by atoms with Crippen molar-refractivity contribution in [3.05, 3.63) is 23.8 Å². The van der Waals surface area contributed by atoms with Gasteiger partial charge in [0.05, 0.1) is 6.07 Å². The zero-order valence-electron chi connectivity index (χ0n) is 10.8. The summed E-state index contributed by atoms with van der Waals surface area (Å²) in [6, 6.07) is 7.54. The number of carbonyl (C=O) groups is 1. The zero-order valence-corrected chi connectivity index (χ0v) is 10.8. The molecular formula is C14H16N2O3. The van der Waals surface area contributed by atoms with Gasteiger partial charge in [-0.3, -0.25) is 4.79 Å². The number of ether oxygens (including phenoxy) is 2. The SMILES string of the molecule is CCC(C#N)C(=O)NCc1ccc2c(c1)OCCO2. The van der Waals surface area contributed by atoms with Crippen molar-refractivity contribution in [1.82, 2.24) is 5.32 Å². The van der Waals surface area contributed by atoms with Crippen LogP contribution in [0.4, 0.5) is 0 Å². The fourth-order valence-corrected chi connectivity index (χ4v) is 1.85. The Hall–Kier alpha value is -2.22. The minimum absolute atomic E-state index is 0.236. The third-order valence-electron chi connectivity index (χ3n) is 2.95. The summed E-state index contributed by atoms with van der Waals surface area (Å²) in [7, 11) is 0. The summed E-state index contributed by atoms with van der Waals surface area (Å²) >= 11 is 0. The number of hydrogen-bond acceptors (Lipinski definition) is 4. The fourth-order valence-electron chi connectivity index (χ4n) is 1.85. The highest BCUT2D eigenvalue weighted by atomic mass is 16.6. The number of hydrogen-bond donors (Lipinski definition) is 1. The van der Waals surface area contributed by atoms with Crippen LogP contribution in [0.15, 0.2) is 18.2 Å². The lowest BCUT2D eigenvalue weighted by atomic mass is 10.1. The summed E-state index contributed by atoms with van der Waals surface area (Å²) in [6.07, 6.45) is 0.517. The second-order valence-electron chi connectivity index (χ2n) is 4.29. The van der Waals surface area contributed by atoms with Crippen LogP contribution in [0.25, 0.3) is 0 Å². The van der Waals surface area contributed by atoms with E-state index in [1.165, 1.54) is 0 Å². The molecule has 0 saturated heterocycles. The average molecular weight is 260 g/mol. The molecule has 1 unspecified atom stereocenters. The smallest absolute Gasteiger partial charge is 0.237 e. The largest absolute Gasteiger partial charge is 0.486 e. The van der Waals surface area contributed by atoms with Gasteiger partial charge >= 0.3 is 0 Å².